The van der Waals surface area contributed by atoms with Crippen LogP contribution in [0.4, 0.5) is 13.2 Å². The Morgan fingerprint density at radius 1 is 1.34 bits per heavy atom. The van der Waals surface area contributed by atoms with Crippen molar-refractivity contribution in [3.05, 3.63) is 65.4 Å². The number of aromatic nitrogens is 3. The molecule has 0 atom stereocenters. The van der Waals surface area contributed by atoms with Crippen LogP contribution in [0.1, 0.15) is 52.7 Å². The van der Waals surface area contributed by atoms with Crippen molar-refractivity contribution < 1.29 is 23.1 Å². The van der Waals surface area contributed by atoms with Gasteiger partial charge in [0.1, 0.15) is 11.4 Å². The van der Waals surface area contributed by atoms with Crippen molar-refractivity contribution >= 4 is 12.0 Å². The number of aliphatic hydroxyl groups excluding tert-OH is 1. The molecule has 2 aromatic heterocycles. The average Bonchev–Trinajstić information content (AvgIpc) is 3.00. The second-order valence-electron chi connectivity index (χ2n) is 6.40. The molecule has 9 heteroatoms. The summed E-state index contributed by atoms with van der Waals surface area (Å²) in [4.78, 5) is 15.7. The van der Waals surface area contributed by atoms with Gasteiger partial charge >= 0.3 is 6.18 Å². The second-order valence-corrected chi connectivity index (χ2v) is 6.40. The lowest BCUT2D eigenvalue weighted by molar-refractivity contribution is -0.141. The first-order valence-corrected chi connectivity index (χ1v) is 8.98. The summed E-state index contributed by atoms with van der Waals surface area (Å²) < 4.78 is 40.2. The van der Waals surface area contributed by atoms with E-state index in [1.807, 2.05) is 17.8 Å². The van der Waals surface area contributed by atoms with E-state index in [0.717, 1.165) is 43.3 Å². The van der Waals surface area contributed by atoms with Crippen LogP contribution in [0.15, 0.2) is 42.7 Å². The molecule has 1 aliphatic rings. The largest absolute Gasteiger partial charge is 0.433 e. The Labute approximate surface area is 166 Å². The fraction of sp³-hybridized carbons (Fsp3) is 0.350. The number of allylic oxidation sites excluding steroid dienone is 1. The van der Waals surface area contributed by atoms with E-state index < -0.39 is 17.8 Å². The number of pyridine rings is 1. The summed E-state index contributed by atoms with van der Waals surface area (Å²) in [6, 6.07) is 3.60. The summed E-state index contributed by atoms with van der Waals surface area (Å²) in [5, 5.41) is 14.0. The standard InChI is InChI=1S/C19H19F3N4O.CH4O/c1-3-14(10-13-11-26(25-12(13)2)15-6-4-7-15)23-18(27)16-8-5-9-17(24-16)19(20,21)22;1-2/h3,5,8-11,15H,1,4,6-7H2,2H3,(H,23,27);2H,1H3/b14-10+;. The number of nitrogens with one attached hydrogen (secondary N) is 1. The smallest absolute Gasteiger partial charge is 0.400 e. The third-order valence-corrected chi connectivity index (χ3v) is 4.46. The zero-order valence-corrected chi connectivity index (χ0v) is 16.2. The maximum absolute atomic E-state index is 12.8. The zero-order valence-electron chi connectivity index (χ0n) is 16.2. The fourth-order valence-corrected chi connectivity index (χ4v) is 2.70. The van der Waals surface area contributed by atoms with Gasteiger partial charge in [-0.2, -0.15) is 18.3 Å². The van der Waals surface area contributed by atoms with Crippen LogP contribution in [-0.2, 0) is 6.18 Å². The minimum atomic E-state index is -4.61. The van der Waals surface area contributed by atoms with Gasteiger partial charge in [0.15, 0.2) is 0 Å². The van der Waals surface area contributed by atoms with Gasteiger partial charge in [-0.1, -0.05) is 12.6 Å². The topological polar surface area (TPSA) is 80.0 Å². The summed E-state index contributed by atoms with van der Waals surface area (Å²) >= 11 is 0. The molecule has 0 spiro atoms. The molecule has 0 aromatic carbocycles. The van der Waals surface area contributed by atoms with Crippen LogP contribution < -0.4 is 5.32 Å². The lowest BCUT2D eigenvalue weighted by atomic mass is 9.93. The van der Waals surface area contributed by atoms with Gasteiger partial charge in [-0.15, -0.1) is 0 Å². The van der Waals surface area contributed by atoms with Crippen LogP contribution in [0.25, 0.3) is 6.08 Å². The molecule has 1 amide bonds. The van der Waals surface area contributed by atoms with E-state index in [1.54, 1.807) is 6.08 Å². The molecule has 156 valence electrons. The normalized spacial score (nSPS) is 14.5. The van der Waals surface area contributed by atoms with Crippen molar-refractivity contribution in [1.29, 1.82) is 0 Å². The molecule has 0 bridgehead atoms. The third kappa shape index (κ3) is 5.54. The van der Waals surface area contributed by atoms with Gasteiger partial charge < -0.3 is 10.4 Å². The van der Waals surface area contributed by atoms with E-state index >= 15 is 0 Å². The van der Waals surface area contributed by atoms with Crippen LogP contribution in [0.3, 0.4) is 0 Å². The number of carbonyl (C=O) groups excluding carboxylic acids is 1. The number of aliphatic hydroxyl groups is 1. The summed E-state index contributed by atoms with van der Waals surface area (Å²) in [6.07, 6.45) is 3.78. The molecule has 1 aliphatic carbocycles. The Hall–Kier alpha value is -2.94. The molecule has 0 radical (unpaired) electrons. The summed E-state index contributed by atoms with van der Waals surface area (Å²) in [7, 11) is 1.00. The highest BCUT2D eigenvalue weighted by molar-refractivity contribution is 5.94. The minimum Gasteiger partial charge on any atom is -0.400 e. The molecule has 1 fully saturated rings. The van der Waals surface area contributed by atoms with Crippen molar-refractivity contribution in [2.24, 2.45) is 0 Å². The number of carbonyl (C=O) groups is 1. The number of rotatable bonds is 5. The predicted octanol–water partition coefficient (Wildman–Crippen LogP) is 3.90. The SMILES string of the molecule is C=C/C(=C\c1cn(C2CCC2)nc1C)NC(=O)c1cccc(C(F)(F)F)n1.CO. The van der Waals surface area contributed by atoms with E-state index in [4.69, 9.17) is 5.11 Å². The molecular formula is C20H23F3N4O2. The number of halogens is 3. The van der Waals surface area contributed by atoms with E-state index in [0.29, 0.717) is 11.7 Å². The van der Waals surface area contributed by atoms with Gasteiger partial charge in [0, 0.05) is 24.6 Å². The Kier molecular flexibility index (Phi) is 7.33. The monoisotopic (exact) mass is 408 g/mol. The van der Waals surface area contributed by atoms with Gasteiger partial charge in [-0.3, -0.25) is 9.48 Å². The van der Waals surface area contributed by atoms with Crippen LogP contribution >= 0.6 is 0 Å². The van der Waals surface area contributed by atoms with Crippen LogP contribution in [0.5, 0.6) is 0 Å². The van der Waals surface area contributed by atoms with Crippen LogP contribution in [0.2, 0.25) is 0 Å². The number of hydrogen-bond acceptors (Lipinski definition) is 4. The molecule has 29 heavy (non-hydrogen) atoms. The average molecular weight is 408 g/mol. The van der Waals surface area contributed by atoms with Gasteiger partial charge in [0.25, 0.3) is 5.91 Å². The molecule has 0 saturated heterocycles. The minimum absolute atomic E-state index is 0.320. The van der Waals surface area contributed by atoms with Crippen LogP contribution in [-0.4, -0.2) is 32.9 Å². The van der Waals surface area contributed by atoms with Crippen molar-refractivity contribution in [3.8, 4) is 0 Å². The van der Waals surface area contributed by atoms with E-state index in [-0.39, 0.29) is 5.69 Å². The molecule has 2 aromatic rings. The Balaban J connectivity index is 0.00000145. The highest BCUT2D eigenvalue weighted by Gasteiger charge is 2.33. The second kappa shape index (κ2) is 9.51. The number of hydrogen-bond donors (Lipinski definition) is 2. The van der Waals surface area contributed by atoms with E-state index in [2.05, 4.69) is 22.0 Å². The predicted molar refractivity (Wildman–Crippen MR) is 103 cm³/mol. The van der Waals surface area contributed by atoms with Crippen molar-refractivity contribution in [1.82, 2.24) is 20.1 Å². The quantitative estimate of drug-likeness (QED) is 0.736. The Morgan fingerprint density at radius 2 is 2.03 bits per heavy atom. The Morgan fingerprint density at radius 3 is 2.59 bits per heavy atom. The lowest BCUT2D eigenvalue weighted by Gasteiger charge is -2.25. The number of alkyl halides is 3. The highest BCUT2D eigenvalue weighted by atomic mass is 19.4. The highest BCUT2D eigenvalue weighted by Crippen LogP contribution is 2.31. The molecule has 6 nitrogen and oxygen atoms in total. The number of nitrogens with zero attached hydrogens (tertiary/aromatic N) is 3. The zero-order chi connectivity index (χ0) is 21.6. The Bertz CT molecular complexity index is 899. The number of aryl methyl sites for hydroxylation is 1. The molecule has 0 aliphatic heterocycles. The molecule has 2 N–H and O–H groups in total. The lowest BCUT2D eigenvalue weighted by Crippen LogP contribution is -2.24. The molecule has 0 unspecified atom stereocenters. The van der Waals surface area contributed by atoms with Crippen LogP contribution in [0, 0.1) is 6.92 Å². The summed E-state index contributed by atoms with van der Waals surface area (Å²) in [5.41, 5.74) is 0.536. The number of amides is 1. The van der Waals surface area contributed by atoms with E-state index in [1.165, 1.54) is 18.6 Å². The first kappa shape index (κ1) is 22.4. The fourth-order valence-electron chi connectivity index (χ4n) is 2.70. The molecule has 3 rings (SSSR count). The first-order valence-electron chi connectivity index (χ1n) is 8.98. The molecule has 2 heterocycles. The van der Waals surface area contributed by atoms with Crippen molar-refractivity contribution in [2.45, 2.75) is 38.4 Å². The maximum atomic E-state index is 12.8. The van der Waals surface area contributed by atoms with Gasteiger partial charge in [-0.25, -0.2) is 4.98 Å². The van der Waals surface area contributed by atoms with E-state index in [9.17, 15) is 18.0 Å². The molecule has 1 saturated carbocycles. The van der Waals surface area contributed by atoms with Crippen molar-refractivity contribution in [3.63, 3.8) is 0 Å². The van der Waals surface area contributed by atoms with Gasteiger partial charge in [-0.05, 0) is 50.5 Å². The van der Waals surface area contributed by atoms with Crippen molar-refractivity contribution in [2.75, 3.05) is 7.11 Å². The first-order chi connectivity index (χ1) is 13.8. The summed E-state index contributed by atoms with van der Waals surface area (Å²) in [6.45, 7) is 5.51. The molecular weight excluding hydrogens is 385 g/mol. The summed E-state index contributed by atoms with van der Waals surface area (Å²) in [5.74, 6) is -0.740. The van der Waals surface area contributed by atoms with Gasteiger partial charge in [0.2, 0.25) is 0 Å². The maximum Gasteiger partial charge on any atom is 0.433 e. The van der Waals surface area contributed by atoms with Gasteiger partial charge in [0.05, 0.1) is 11.7 Å². The third-order valence-electron chi connectivity index (χ3n) is 4.46.